The lowest BCUT2D eigenvalue weighted by Crippen LogP contribution is -2.19. The van der Waals surface area contributed by atoms with Gasteiger partial charge in [-0.1, -0.05) is 30.3 Å². The Balaban J connectivity index is 2.01. The maximum atomic E-state index is 11.3. The zero-order valence-corrected chi connectivity index (χ0v) is 12.5. The Hall–Kier alpha value is -2.07. The SMILES string of the molecule is CCOC(=O)CCNCc1ccc(OC)c2ccccc12. The lowest BCUT2D eigenvalue weighted by molar-refractivity contribution is -0.142. The minimum absolute atomic E-state index is 0.162. The van der Waals surface area contributed by atoms with Crippen molar-refractivity contribution in [2.24, 2.45) is 0 Å². The van der Waals surface area contributed by atoms with Crippen molar-refractivity contribution in [3.8, 4) is 5.75 Å². The van der Waals surface area contributed by atoms with Crippen LogP contribution in [0.2, 0.25) is 0 Å². The fraction of sp³-hybridized carbons (Fsp3) is 0.353. The Bertz CT molecular complexity index is 610. The van der Waals surface area contributed by atoms with Crippen LogP contribution in [0.4, 0.5) is 0 Å². The number of nitrogens with one attached hydrogen (secondary N) is 1. The molecule has 2 aromatic carbocycles. The monoisotopic (exact) mass is 287 g/mol. The van der Waals surface area contributed by atoms with Crippen molar-refractivity contribution in [2.75, 3.05) is 20.3 Å². The van der Waals surface area contributed by atoms with Gasteiger partial charge in [0.15, 0.2) is 0 Å². The highest BCUT2D eigenvalue weighted by Crippen LogP contribution is 2.28. The van der Waals surface area contributed by atoms with Gasteiger partial charge in [-0.3, -0.25) is 4.79 Å². The summed E-state index contributed by atoms with van der Waals surface area (Å²) < 4.78 is 10.3. The van der Waals surface area contributed by atoms with E-state index < -0.39 is 0 Å². The van der Waals surface area contributed by atoms with Gasteiger partial charge >= 0.3 is 5.97 Å². The van der Waals surface area contributed by atoms with E-state index in [0.717, 1.165) is 11.1 Å². The molecule has 21 heavy (non-hydrogen) atoms. The Morgan fingerprint density at radius 2 is 1.90 bits per heavy atom. The van der Waals surface area contributed by atoms with Gasteiger partial charge in [-0.15, -0.1) is 0 Å². The number of benzene rings is 2. The van der Waals surface area contributed by atoms with Crippen LogP contribution in [-0.4, -0.2) is 26.2 Å². The molecule has 0 saturated heterocycles. The fourth-order valence-electron chi connectivity index (χ4n) is 2.31. The van der Waals surface area contributed by atoms with Crippen molar-refractivity contribution in [1.29, 1.82) is 0 Å². The van der Waals surface area contributed by atoms with Crippen LogP contribution in [0.1, 0.15) is 18.9 Å². The van der Waals surface area contributed by atoms with Crippen molar-refractivity contribution >= 4 is 16.7 Å². The fourth-order valence-corrected chi connectivity index (χ4v) is 2.31. The predicted octanol–water partition coefficient (Wildman–Crippen LogP) is 2.89. The summed E-state index contributed by atoms with van der Waals surface area (Å²) >= 11 is 0. The van der Waals surface area contributed by atoms with Gasteiger partial charge in [0.25, 0.3) is 0 Å². The van der Waals surface area contributed by atoms with E-state index in [1.54, 1.807) is 7.11 Å². The average Bonchev–Trinajstić information content (AvgIpc) is 2.51. The molecule has 0 aliphatic carbocycles. The molecule has 1 N–H and O–H groups in total. The summed E-state index contributed by atoms with van der Waals surface area (Å²) in [6.45, 7) is 3.57. The Labute approximate surface area is 125 Å². The topological polar surface area (TPSA) is 47.6 Å². The lowest BCUT2D eigenvalue weighted by Gasteiger charge is -2.11. The molecule has 0 atom stereocenters. The second-order valence-electron chi connectivity index (χ2n) is 4.70. The Morgan fingerprint density at radius 3 is 2.62 bits per heavy atom. The maximum Gasteiger partial charge on any atom is 0.307 e. The standard InChI is InChI=1S/C17H21NO3/c1-3-21-17(19)10-11-18-12-13-8-9-16(20-2)15-7-5-4-6-14(13)15/h4-9,18H,3,10-12H2,1-2H3. The third-order valence-electron chi connectivity index (χ3n) is 3.32. The normalized spacial score (nSPS) is 10.6. The van der Waals surface area contributed by atoms with Gasteiger partial charge in [0, 0.05) is 18.5 Å². The highest BCUT2D eigenvalue weighted by molar-refractivity contribution is 5.91. The summed E-state index contributed by atoms with van der Waals surface area (Å²) in [5.41, 5.74) is 1.19. The molecule has 0 aliphatic heterocycles. The summed E-state index contributed by atoms with van der Waals surface area (Å²) in [4.78, 5) is 11.3. The lowest BCUT2D eigenvalue weighted by atomic mass is 10.0. The van der Waals surface area contributed by atoms with Crippen LogP contribution in [0.3, 0.4) is 0 Å². The number of hydrogen-bond acceptors (Lipinski definition) is 4. The third kappa shape index (κ3) is 3.95. The molecule has 2 aromatic rings. The number of hydrogen-bond donors (Lipinski definition) is 1. The van der Waals surface area contributed by atoms with Gasteiger partial charge in [0.2, 0.25) is 0 Å². The van der Waals surface area contributed by atoms with Crippen molar-refractivity contribution in [3.63, 3.8) is 0 Å². The van der Waals surface area contributed by atoms with Crippen LogP contribution < -0.4 is 10.1 Å². The third-order valence-corrected chi connectivity index (χ3v) is 3.32. The summed E-state index contributed by atoms with van der Waals surface area (Å²) in [5.74, 6) is 0.713. The van der Waals surface area contributed by atoms with E-state index in [1.807, 2.05) is 25.1 Å². The first kappa shape index (κ1) is 15.3. The van der Waals surface area contributed by atoms with E-state index in [1.165, 1.54) is 10.9 Å². The van der Waals surface area contributed by atoms with Gasteiger partial charge in [-0.2, -0.15) is 0 Å². The minimum atomic E-state index is -0.162. The number of fused-ring (bicyclic) bond motifs is 1. The van der Waals surface area contributed by atoms with Crippen molar-refractivity contribution in [2.45, 2.75) is 19.9 Å². The molecule has 0 unspecified atom stereocenters. The molecule has 0 amide bonds. The van der Waals surface area contributed by atoms with Crippen LogP contribution in [0, 0.1) is 0 Å². The average molecular weight is 287 g/mol. The highest BCUT2D eigenvalue weighted by atomic mass is 16.5. The van der Waals surface area contributed by atoms with Gasteiger partial charge in [-0.05, 0) is 23.9 Å². The van der Waals surface area contributed by atoms with Gasteiger partial charge in [-0.25, -0.2) is 0 Å². The van der Waals surface area contributed by atoms with E-state index in [-0.39, 0.29) is 5.97 Å². The summed E-state index contributed by atoms with van der Waals surface area (Å²) in [7, 11) is 1.68. The van der Waals surface area contributed by atoms with E-state index in [2.05, 4.69) is 23.5 Å². The van der Waals surface area contributed by atoms with Crippen molar-refractivity contribution in [1.82, 2.24) is 5.32 Å². The number of carbonyl (C=O) groups excluding carboxylic acids is 1. The molecular weight excluding hydrogens is 266 g/mol. The van der Waals surface area contributed by atoms with Crippen molar-refractivity contribution in [3.05, 3.63) is 42.0 Å². The molecule has 0 aromatic heterocycles. The summed E-state index contributed by atoms with van der Waals surface area (Å²) in [6, 6.07) is 12.2. The summed E-state index contributed by atoms with van der Waals surface area (Å²) in [5, 5.41) is 5.55. The number of ether oxygens (including phenoxy) is 2. The molecule has 0 radical (unpaired) electrons. The van der Waals surface area contributed by atoms with Crippen LogP contribution in [0.25, 0.3) is 10.8 Å². The number of methoxy groups -OCH3 is 1. The number of rotatable bonds is 7. The zero-order valence-electron chi connectivity index (χ0n) is 12.5. The highest BCUT2D eigenvalue weighted by Gasteiger charge is 2.06. The molecule has 0 heterocycles. The molecular formula is C17H21NO3. The number of carbonyl (C=O) groups is 1. The molecule has 112 valence electrons. The van der Waals surface area contributed by atoms with Crippen LogP contribution in [-0.2, 0) is 16.1 Å². The van der Waals surface area contributed by atoms with Crippen LogP contribution in [0.5, 0.6) is 5.75 Å². The first-order chi connectivity index (χ1) is 10.3. The first-order valence-corrected chi connectivity index (χ1v) is 7.17. The molecule has 0 saturated carbocycles. The molecule has 2 rings (SSSR count). The molecule has 0 aliphatic rings. The molecule has 4 nitrogen and oxygen atoms in total. The van der Waals surface area contributed by atoms with E-state index in [0.29, 0.717) is 26.1 Å². The molecule has 0 spiro atoms. The molecule has 4 heteroatoms. The maximum absolute atomic E-state index is 11.3. The largest absolute Gasteiger partial charge is 0.496 e. The van der Waals surface area contributed by atoms with E-state index >= 15 is 0 Å². The zero-order chi connectivity index (χ0) is 15.1. The minimum Gasteiger partial charge on any atom is -0.496 e. The predicted molar refractivity (Wildman–Crippen MR) is 83.5 cm³/mol. The van der Waals surface area contributed by atoms with Crippen LogP contribution >= 0.6 is 0 Å². The quantitative estimate of drug-likeness (QED) is 0.628. The van der Waals surface area contributed by atoms with Gasteiger partial charge in [0.1, 0.15) is 5.75 Å². The second-order valence-corrected chi connectivity index (χ2v) is 4.70. The van der Waals surface area contributed by atoms with Gasteiger partial charge in [0.05, 0.1) is 20.1 Å². The summed E-state index contributed by atoms with van der Waals surface area (Å²) in [6.07, 6.45) is 0.391. The van der Waals surface area contributed by atoms with Crippen molar-refractivity contribution < 1.29 is 14.3 Å². The second kappa shape index (κ2) is 7.64. The smallest absolute Gasteiger partial charge is 0.307 e. The Morgan fingerprint density at radius 1 is 1.14 bits per heavy atom. The molecule has 0 bridgehead atoms. The van der Waals surface area contributed by atoms with Crippen LogP contribution in [0.15, 0.2) is 36.4 Å². The molecule has 0 fully saturated rings. The van der Waals surface area contributed by atoms with E-state index in [9.17, 15) is 4.79 Å². The van der Waals surface area contributed by atoms with Gasteiger partial charge < -0.3 is 14.8 Å². The number of esters is 1. The Kier molecular flexibility index (Phi) is 5.58. The first-order valence-electron chi connectivity index (χ1n) is 7.17. The van der Waals surface area contributed by atoms with E-state index in [4.69, 9.17) is 9.47 Å².